The van der Waals surface area contributed by atoms with Gasteiger partial charge in [0, 0.05) is 16.0 Å². The van der Waals surface area contributed by atoms with E-state index >= 15 is 0 Å². The molecule has 22 heavy (non-hydrogen) atoms. The summed E-state index contributed by atoms with van der Waals surface area (Å²) in [5.41, 5.74) is 0.501. The van der Waals surface area contributed by atoms with Gasteiger partial charge in [-0.2, -0.15) is 0 Å². The Kier molecular flexibility index (Phi) is 3.45. The van der Waals surface area contributed by atoms with E-state index in [1.807, 2.05) is 0 Å². The fourth-order valence-corrected chi connectivity index (χ4v) is 3.01. The number of hydrogen-bond donors (Lipinski definition) is 2. The number of nitrogens with zero attached hydrogens (tertiary/aromatic N) is 1. The van der Waals surface area contributed by atoms with Crippen LogP contribution in [0.15, 0.2) is 18.3 Å². The Morgan fingerprint density at radius 1 is 1.41 bits per heavy atom. The van der Waals surface area contributed by atoms with Crippen molar-refractivity contribution in [2.75, 3.05) is 11.0 Å². The second kappa shape index (κ2) is 4.96. The van der Waals surface area contributed by atoms with Crippen molar-refractivity contribution >= 4 is 27.3 Å². The Hall–Kier alpha value is -1.60. The molecule has 8 heteroatoms. The summed E-state index contributed by atoms with van der Waals surface area (Å²) in [5, 5.41) is 0.233. The summed E-state index contributed by atoms with van der Waals surface area (Å²) in [6.45, 7) is 2.08. The van der Waals surface area contributed by atoms with Crippen LogP contribution in [0.25, 0.3) is 11.3 Å². The molecular weight excluding hydrogens is 329 g/mol. The Balaban J connectivity index is 2.05. The molecule has 2 aromatic rings. The van der Waals surface area contributed by atoms with Gasteiger partial charge in [0.2, 0.25) is 10.0 Å². The molecular formula is C14H15ClFN3O2S. The molecule has 0 bridgehead atoms. The SMILES string of the molecule is CC1(c2ncc(-c3cc(Cl)cc(NS(C)(=O)=O)c3F)[nH]2)CC1. The van der Waals surface area contributed by atoms with E-state index < -0.39 is 15.8 Å². The van der Waals surface area contributed by atoms with Gasteiger partial charge in [0.05, 0.1) is 23.8 Å². The molecule has 0 unspecified atom stereocenters. The molecule has 1 aliphatic rings. The van der Waals surface area contributed by atoms with Crippen molar-refractivity contribution in [1.29, 1.82) is 0 Å². The molecule has 118 valence electrons. The van der Waals surface area contributed by atoms with E-state index in [1.54, 1.807) is 0 Å². The molecule has 0 radical (unpaired) electrons. The molecule has 1 aliphatic carbocycles. The van der Waals surface area contributed by atoms with Crippen LogP contribution in [0.2, 0.25) is 5.02 Å². The lowest BCUT2D eigenvalue weighted by molar-refractivity contribution is 0.604. The van der Waals surface area contributed by atoms with E-state index in [9.17, 15) is 12.8 Å². The smallest absolute Gasteiger partial charge is 0.229 e. The zero-order chi connectivity index (χ0) is 16.1. The van der Waals surface area contributed by atoms with Crippen molar-refractivity contribution in [3.63, 3.8) is 0 Å². The molecule has 3 rings (SSSR count). The van der Waals surface area contributed by atoms with Crippen LogP contribution in [0.3, 0.4) is 0 Å². The number of benzene rings is 1. The minimum Gasteiger partial charge on any atom is -0.341 e. The van der Waals surface area contributed by atoms with Crippen molar-refractivity contribution in [3.8, 4) is 11.3 Å². The minimum atomic E-state index is -3.60. The Labute approximate surface area is 133 Å². The van der Waals surface area contributed by atoms with Crippen molar-refractivity contribution in [3.05, 3.63) is 35.0 Å². The lowest BCUT2D eigenvalue weighted by Crippen LogP contribution is -2.11. The maximum atomic E-state index is 14.6. The largest absolute Gasteiger partial charge is 0.341 e. The third-order valence-electron chi connectivity index (χ3n) is 3.77. The number of sulfonamides is 1. The quantitative estimate of drug-likeness (QED) is 0.894. The summed E-state index contributed by atoms with van der Waals surface area (Å²) in [4.78, 5) is 7.40. The van der Waals surface area contributed by atoms with Crippen LogP contribution < -0.4 is 4.72 Å². The first-order valence-corrected chi connectivity index (χ1v) is 8.98. The van der Waals surface area contributed by atoms with Gasteiger partial charge >= 0.3 is 0 Å². The molecule has 0 spiro atoms. The number of aromatic amines is 1. The van der Waals surface area contributed by atoms with E-state index in [0.717, 1.165) is 24.9 Å². The fraction of sp³-hybridized carbons (Fsp3) is 0.357. The van der Waals surface area contributed by atoms with Crippen molar-refractivity contribution in [1.82, 2.24) is 9.97 Å². The predicted octanol–water partition coefficient (Wildman–Crippen LogP) is 3.29. The van der Waals surface area contributed by atoms with Crippen LogP contribution in [0.4, 0.5) is 10.1 Å². The first-order chi connectivity index (χ1) is 10.2. The number of imidazole rings is 1. The topological polar surface area (TPSA) is 74.8 Å². The molecule has 0 saturated heterocycles. The van der Waals surface area contributed by atoms with Crippen LogP contribution in [-0.2, 0) is 15.4 Å². The van der Waals surface area contributed by atoms with E-state index in [0.29, 0.717) is 5.69 Å². The number of rotatable bonds is 4. The summed E-state index contributed by atoms with van der Waals surface area (Å²) in [6.07, 6.45) is 4.57. The highest BCUT2D eigenvalue weighted by atomic mass is 35.5. The standard InChI is InChI=1S/C14H15ClFN3O2S/c1-14(3-4-14)13-17-7-11(18-13)9-5-8(15)6-10(12(9)16)19-22(2,20)21/h5-7,19H,3-4H2,1-2H3,(H,17,18). The van der Waals surface area contributed by atoms with Gasteiger partial charge in [-0.1, -0.05) is 18.5 Å². The Bertz CT molecular complexity index is 844. The first-order valence-electron chi connectivity index (χ1n) is 6.71. The van der Waals surface area contributed by atoms with Crippen LogP contribution in [-0.4, -0.2) is 24.6 Å². The van der Waals surface area contributed by atoms with Crippen molar-refractivity contribution in [2.45, 2.75) is 25.2 Å². The third-order valence-corrected chi connectivity index (χ3v) is 4.58. The van der Waals surface area contributed by atoms with Gasteiger partial charge in [0.25, 0.3) is 0 Å². The number of halogens is 2. The lowest BCUT2D eigenvalue weighted by Gasteiger charge is -2.10. The maximum absolute atomic E-state index is 14.6. The minimum absolute atomic E-state index is 0.0289. The molecule has 2 N–H and O–H groups in total. The zero-order valence-electron chi connectivity index (χ0n) is 12.1. The monoisotopic (exact) mass is 343 g/mol. The van der Waals surface area contributed by atoms with Gasteiger partial charge in [0.15, 0.2) is 5.82 Å². The van der Waals surface area contributed by atoms with Gasteiger partial charge in [-0.25, -0.2) is 17.8 Å². The summed E-state index contributed by atoms with van der Waals surface area (Å²) in [6, 6.07) is 2.68. The predicted molar refractivity (Wildman–Crippen MR) is 84.0 cm³/mol. The van der Waals surface area contributed by atoms with E-state index in [-0.39, 0.29) is 21.7 Å². The van der Waals surface area contributed by atoms with E-state index in [4.69, 9.17) is 11.6 Å². The molecule has 0 atom stereocenters. The van der Waals surface area contributed by atoms with Gasteiger partial charge in [-0.05, 0) is 25.0 Å². The number of aromatic nitrogens is 2. The molecule has 1 aromatic heterocycles. The van der Waals surface area contributed by atoms with Crippen LogP contribution in [0.1, 0.15) is 25.6 Å². The highest BCUT2D eigenvalue weighted by Gasteiger charge is 2.41. The van der Waals surface area contributed by atoms with E-state index in [1.165, 1.54) is 18.3 Å². The first kappa shape index (κ1) is 15.3. The van der Waals surface area contributed by atoms with Gasteiger partial charge in [0.1, 0.15) is 5.82 Å². The maximum Gasteiger partial charge on any atom is 0.229 e. The molecule has 1 aromatic carbocycles. The number of hydrogen-bond acceptors (Lipinski definition) is 3. The zero-order valence-corrected chi connectivity index (χ0v) is 13.6. The van der Waals surface area contributed by atoms with Gasteiger partial charge in [-0.3, -0.25) is 4.72 Å². The highest BCUT2D eigenvalue weighted by molar-refractivity contribution is 7.92. The average molecular weight is 344 g/mol. The molecule has 5 nitrogen and oxygen atoms in total. The van der Waals surface area contributed by atoms with E-state index in [2.05, 4.69) is 21.6 Å². The number of anilines is 1. The van der Waals surface area contributed by atoms with Crippen LogP contribution in [0.5, 0.6) is 0 Å². The normalized spacial score (nSPS) is 16.5. The Morgan fingerprint density at radius 2 is 2.09 bits per heavy atom. The summed E-state index contributed by atoms with van der Waals surface area (Å²) in [7, 11) is -3.60. The number of H-pyrrole nitrogens is 1. The molecule has 1 fully saturated rings. The van der Waals surface area contributed by atoms with Gasteiger partial charge in [-0.15, -0.1) is 0 Å². The lowest BCUT2D eigenvalue weighted by atomic mass is 10.1. The summed E-state index contributed by atoms with van der Waals surface area (Å²) in [5.74, 6) is 0.116. The molecule has 0 amide bonds. The third kappa shape index (κ3) is 2.96. The second-order valence-corrected chi connectivity index (χ2v) is 8.08. The summed E-state index contributed by atoms with van der Waals surface area (Å²) < 4.78 is 39.3. The second-order valence-electron chi connectivity index (χ2n) is 5.90. The fourth-order valence-electron chi connectivity index (χ4n) is 2.25. The van der Waals surface area contributed by atoms with Gasteiger partial charge < -0.3 is 4.98 Å². The average Bonchev–Trinajstić information content (AvgIpc) is 2.96. The molecule has 0 aliphatic heterocycles. The highest BCUT2D eigenvalue weighted by Crippen LogP contribution is 2.46. The number of nitrogens with one attached hydrogen (secondary N) is 2. The van der Waals surface area contributed by atoms with Crippen LogP contribution >= 0.6 is 11.6 Å². The van der Waals surface area contributed by atoms with Crippen molar-refractivity contribution < 1.29 is 12.8 Å². The summed E-state index contributed by atoms with van der Waals surface area (Å²) >= 11 is 5.97. The van der Waals surface area contributed by atoms with Crippen molar-refractivity contribution in [2.24, 2.45) is 0 Å². The molecule has 1 saturated carbocycles. The van der Waals surface area contributed by atoms with Crippen LogP contribution in [0, 0.1) is 5.82 Å². The molecule has 1 heterocycles. The Morgan fingerprint density at radius 3 is 2.68 bits per heavy atom.